The smallest absolute Gasteiger partial charge is 0.207 e. The molecule has 1 aromatic carbocycles. The third-order valence-electron chi connectivity index (χ3n) is 2.36. The lowest BCUT2D eigenvalue weighted by molar-refractivity contribution is -0.137. The predicted molar refractivity (Wildman–Crippen MR) is 54.4 cm³/mol. The van der Waals surface area contributed by atoms with Gasteiger partial charge in [-0.25, -0.2) is 4.39 Å². The zero-order valence-electron chi connectivity index (χ0n) is 8.94. The van der Waals surface area contributed by atoms with Crippen molar-refractivity contribution in [1.82, 2.24) is 0 Å². The highest BCUT2D eigenvalue weighted by atomic mass is 19.4. The molecule has 0 saturated heterocycles. The van der Waals surface area contributed by atoms with E-state index in [-0.39, 0.29) is 5.92 Å². The van der Waals surface area contributed by atoms with Gasteiger partial charge in [-0.1, -0.05) is 13.3 Å². The zero-order valence-corrected chi connectivity index (χ0v) is 8.94. The van der Waals surface area contributed by atoms with Gasteiger partial charge in [-0.2, -0.15) is 13.2 Å². The minimum absolute atomic E-state index is 0.300. The van der Waals surface area contributed by atoms with Gasteiger partial charge in [0.05, 0.1) is 5.56 Å². The monoisotopic (exact) mass is 233 g/mol. The Morgan fingerprint density at radius 3 is 2.38 bits per heavy atom. The second-order valence-electron chi connectivity index (χ2n) is 3.76. The normalized spacial score (nSPS) is 13.9. The van der Waals surface area contributed by atoms with Crippen LogP contribution in [0.15, 0.2) is 18.2 Å². The van der Waals surface area contributed by atoms with Crippen molar-refractivity contribution in [3.63, 3.8) is 0 Å². The van der Waals surface area contributed by atoms with Crippen molar-refractivity contribution in [3.8, 4) is 0 Å². The molecule has 4 heteroatoms. The number of alkyl halides is 3. The Morgan fingerprint density at radius 2 is 1.88 bits per heavy atom. The van der Waals surface area contributed by atoms with Gasteiger partial charge in [0, 0.05) is 0 Å². The Labute approximate surface area is 92.3 Å². The third-order valence-corrected chi connectivity index (χ3v) is 2.36. The van der Waals surface area contributed by atoms with Crippen LogP contribution >= 0.6 is 0 Å². The highest BCUT2D eigenvalue weighted by molar-refractivity contribution is 5.29. The van der Waals surface area contributed by atoms with Gasteiger partial charge in [0.2, 0.25) is 0 Å². The molecule has 1 radical (unpaired) electrons. The minimum atomic E-state index is -4.51. The van der Waals surface area contributed by atoms with Crippen LogP contribution < -0.4 is 0 Å². The average Bonchev–Trinajstić information content (AvgIpc) is 2.16. The van der Waals surface area contributed by atoms with E-state index in [2.05, 4.69) is 6.92 Å². The van der Waals surface area contributed by atoms with Crippen LogP contribution in [0.4, 0.5) is 17.6 Å². The Kier molecular flexibility index (Phi) is 3.94. The average molecular weight is 233 g/mol. The maximum Gasteiger partial charge on any atom is 0.416 e. The summed E-state index contributed by atoms with van der Waals surface area (Å²) in [4.78, 5) is 0. The highest BCUT2D eigenvalue weighted by Crippen LogP contribution is 2.32. The van der Waals surface area contributed by atoms with Gasteiger partial charge in [-0.05, 0) is 43.0 Å². The molecule has 0 aromatic heterocycles. The van der Waals surface area contributed by atoms with E-state index in [0.29, 0.717) is 18.1 Å². The Balaban J connectivity index is 3.08. The van der Waals surface area contributed by atoms with Crippen LogP contribution in [0.5, 0.6) is 0 Å². The molecule has 1 aromatic rings. The molecule has 0 nitrogen and oxygen atoms in total. The van der Waals surface area contributed by atoms with E-state index in [1.807, 2.05) is 6.92 Å². The molecular formula is C12H13F4. The molecule has 0 bridgehead atoms. The molecule has 0 aliphatic rings. The topological polar surface area (TPSA) is 0 Å². The summed E-state index contributed by atoms with van der Waals surface area (Å²) in [5, 5.41) is 0. The van der Waals surface area contributed by atoms with Gasteiger partial charge in [0.25, 0.3) is 0 Å². The molecule has 89 valence electrons. The summed E-state index contributed by atoms with van der Waals surface area (Å²) in [5.41, 5.74) is -0.651. The van der Waals surface area contributed by atoms with Gasteiger partial charge in [0.1, 0.15) is 5.82 Å². The van der Waals surface area contributed by atoms with E-state index >= 15 is 0 Å². The van der Waals surface area contributed by atoms with Crippen molar-refractivity contribution in [2.75, 3.05) is 0 Å². The number of rotatable bonds is 3. The van der Waals surface area contributed by atoms with Crippen molar-refractivity contribution in [1.29, 1.82) is 0 Å². The van der Waals surface area contributed by atoms with Crippen LogP contribution in [0, 0.1) is 12.7 Å². The van der Waals surface area contributed by atoms with E-state index in [4.69, 9.17) is 0 Å². The first-order valence-electron chi connectivity index (χ1n) is 5.05. The van der Waals surface area contributed by atoms with Crippen LogP contribution in [0.25, 0.3) is 0 Å². The van der Waals surface area contributed by atoms with Crippen LogP contribution in [0.1, 0.15) is 36.8 Å². The lowest BCUT2D eigenvalue weighted by Crippen LogP contribution is -2.07. The maximum atomic E-state index is 13.0. The first kappa shape index (κ1) is 13.0. The van der Waals surface area contributed by atoms with Gasteiger partial charge < -0.3 is 0 Å². The predicted octanol–water partition coefficient (Wildman–Crippen LogP) is 4.56. The molecule has 0 amide bonds. The molecule has 0 spiro atoms. The molecule has 16 heavy (non-hydrogen) atoms. The summed E-state index contributed by atoms with van der Waals surface area (Å²) in [6.07, 6.45) is -3.07. The lowest BCUT2D eigenvalue weighted by Gasteiger charge is -2.14. The van der Waals surface area contributed by atoms with Crippen molar-refractivity contribution < 1.29 is 17.6 Å². The summed E-state index contributed by atoms with van der Waals surface area (Å²) >= 11 is 0. The Morgan fingerprint density at radius 1 is 1.25 bits per heavy atom. The number of halogens is 4. The molecule has 1 unspecified atom stereocenters. The molecule has 0 N–H and O–H groups in total. The van der Waals surface area contributed by atoms with Crippen molar-refractivity contribution in [2.45, 2.75) is 31.9 Å². The van der Waals surface area contributed by atoms with Crippen molar-refractivity contribution >= 4 is 0 Å². The highest BCUT2D eigenvalue weighted by Gasteiger charge is 2.31. The molecule has 0 fully saturated rings. The third kappa shape index (κ3) is 3.22. The fourth-order valence-electron chi connectivity index (χ4n) is 1.53. The van der Waals surface area contributed by atoms with Crippen molar-refractivity contribution in [2.24, 2.45) is 0 Å². The molecule has 0 aliphatic carbocycles. The molecule has 0 saturated carbocycles. The summed E-state index contributed by atoms with van der Waals surface area (Å²) < 4.78 is 50.3. The summed E-state index contributed by atoms with van der Waals surface area (Å²) in [6.45, 7) is 5.63. The SMILES string of the molecule is [CH2]C(CCC)c1cc(F)cc(C(F)(F)F)c1. The Hall–Kier alpha value is -1.06. The number of benzene rings is 1. The van der Waals surface area contributed by atoms with E-state index < -0.39 is 17.6 Å². The lowest BCUT2D eigenvalue weighted by atomic mass is 9.95. The van der Waals surface area contributed by atoms with Gasteiger partial charge in [-0.3, -0.25) is 0 Å². The minimum Gasteiger partial charge on any atom is -0.207 e. The fourth-order valence-corrected chi connectivity index (χ4v) is 1.53. The van der Waals surface area contributed by atoms with Gasteiger partial charge >= 0.3 is 6.18 Å². The van der Waals surface area contributed by atoms with Crippen LogP contribution in [0.3, 0.4) is 0 Å². The Bertz CT molecular complexity index is 355. The van der Waals surface area contributed by atoms with E-state index in [1.165, 1.54) is 0 Å². The van der Waals surface area contributed by atoms with Crippen LogP contribution in [-0.2, 0) is 6.18 Å². The van der Waals surface area contributed by atoms with E-state index in [1.54, 1.807) is 0 Å². The van der Waals surface area contributed by atoms with E-state index in [9.17, 15) is 17.6 Å². The molecule has 1 rings (SSSR count). The van der Waals surface area contributed by atoms with E-state index in [0.717, 1.165) is 18.6 Å². The standard InChI is InChI=1S/C12H13F4/c1-3-4-8(2)9-5-10(12(14,15)16)7-11(13)6-9/h5-8H,2-4H2,1H3. The molecular weight excluding hydrogens is 220 g/mol. The first-order chi connectivity index (χ1) is 7.34. The number of hydrogen-bond acceptors (Lipinski definition) is 0. The van der Waals surface area contributed by atoms with Gasteiger partial charge in [0.15, 0.2) is 0 Å². The molecule has 0 aliphatic heterocycles. The summed E-state index contributed by atoms with van der Waals surface area (Å²) in [6, 6.07) is 2.58. The van der Waals surface area contributed by atoms with Crippen molar-refractivity contribution in [3.05, 3.63) is 42.1 Å². The van der Waals surface area contributed by atoms with Crippen LogP contribution in [0.2, 0.25) is 0 Å². The second kappa shape index (κ2) is 4.85. The largest absolute Gasteiger partial charge is 0.416 e. The van der Waals surface area contributed by atoms with Gasteiger partial charge in [-0.15, -0.1) is 0 Å². The van der Waals surface area contributed by atoms with Crippen LogP contribution in [-0.4, -0.2) is 0 Å². The molecule has 1 atom stereocenters. The second-order valence-corrected chi connectivity index (χ2v) is 3.76. The maximum absolute atomic E-state index is 13.0. The fraction of sp³-hybridized carbons (Fsp3) is 0.417. The summed E-state index contributed by atoms with van der Waals surface area (Å²) in [5.74, 6) is -1.17. The number of hydrogen-bond donors (Lipinski definition) is 0. The zero-order chi connectivity index (χ0) is 12.3. The molecule has 0 heterocycles. The quantitative estimate of drug-likeness (QED) is 0.671. The summed E-state index contributed by atoms with van der Waals surface area (Å²) in [7, 11) is 0. The first-order valence-corrected chi connectivity index (χ1v) is 5.05.